The number of aromatic nitrogens is 1. The van der Waals surface area contributed by atoms with E-state index in [9.17, 15) is 14.4 Å². The van der Waals surface area contributed by atoms with Crippen molar-refractivity contribution in [2.45, 2.75) is 92.5 Å². The van der Waals surface area contributed by atoms with Crippen LogP contribution in [0.1, 0.15) is 100 Å². The third-order valence-electron chi connectivity index (χ3n) is 8.60. The molecule has 1 aromatic heterocycles. The molecule has 5 rings (SSSR count). The first-order chi connectivity index (χ1) is 20.4. The molecule has 2 aliphatic carbocycles. The van der Waals surface area contributed by atoms with Gasteiger partial charge in [-0.2, -0.15) is 0 Å². The first-order valence-electron chi connectivity index (χ1n) is 15.2. The van der Waals surface area contributed by atoms with E-state index in [1.54, 1.807) is 27.0 Å². The van der Waals surface area contributed by atoms with Crippen LogP contribution >= 0.6 is 0 Å². The molecule has 0 saturated carbocycles. The normalized spacial score (nSPS) is 19.8. The zero-order valence-electron chi connectivity index (χ0n) is 27.4. The Kier molecular flexibility index (Phi) is 7.90. The number of ketones is 2. The molecule has 1 aromatic carbocycles. The number of rotatable bonds is 6. The van der Waals surface area contributed by atoms with Crippen LogP contribution in [0.3, 0.4) is 0 Å². The van der Waals surface area contributed by atoms with Crippen LogP contribution in [0.15, 0.2) is 46.9 Å². The molecule has 2 N–H and O–H groups in total. The van der Waals surface area contributed by atoms with Gasteiger partial charge in [0.25, 0.3) is 0 Å². The van der Waals surface area contributed by atoms with Crippen LogP contribution in [-0.4, -0.2) is 41.8 Å². The number of carbonyl (C=O) groups excluding carboxylic acids is 3. The minimum atomic E-state index is -0.674. The Labute approximate surface area is 260 Å². The van der Waals surface area contributed by atoms with Gasteiger partial charge < -0.3 is 19.9 Å². The second-order valence-electron chi connectivity index (χ2n) is 14.9. The van der Waals surface area contributed by atoms with Gasteiger partial charge >= 0.3 is 5.97 Å². The van der Waals surface area contributed by atoms with Crippen LogP contribution < -0.4 is 10.5 Å². The van der Waals surface area contributed by atoms with Gasteiger partial charge in [0, 0.05) is 53.5 Å². The third-order valence-corrected chi connectivity index (χ3v) is 8.60. The van der Waals surface area contributed by atoms with Crippen LogP contribution in [0.2, 0.25) is 0 Å². The van der Waals surface area contributed by atoms with E-state index < -0.39 is 17.4 Å². The Balaban J connectivity index is 1.70. The van der Waals surface area contributed by atoms with Crippen molar-refractivity contribution in [3.05, 3.63) is 69.3 Å². The average molecular weight is 601 g/mol. The molecule has 234 valence electrons. The number of benzene rings is 1. The summed E-state index contributed by atoms with van der Waals surface area (Å²) in [6.45, 7) is 15.7. The summed E-state index contributed by atoms with van der Waals surface area (Å²) < 4.78 is 17.9. The number of nitrogens with zero attached hydrogens (tertiary/aromatic N) is 1. The van der Waals surface area contributed by atoms with E-state index in [0.29, 0.717) is 59.8 Å². The first kappa shape index (κ1) is 31.6. The summed E-state index contributed by atoms with van der Waals surface area (Å²) in [6.07, 6.45) is 1.92. The molecule has 0 radical (unpaired) electrons. The van der Waals surface area contributed by atoms with E-state index in [0.717, 1.165) is 22.3 Å². The molecule has 2 heterocycles. The van der Waals surface area contributed by atoms with Crippen LogP contribution in [-0.2, 0) is 19.1 Å². The zero-order chi connectivity index (χ0) is 32.4. The number of carbonyl (C=O) groups is 3. The minimum Gasteiger partial charge on any atom is -0.496 e. The van der Waals surface area contributed by atoms with Crippen LogP contribution in [0.4, 0.5) is 0 Å². The number of aryl methyl sites for hydroxylation is 1. The number of Topliss-reactive ketones (excluding diaryl/α,β-unsaturated/α-hetero) is 2. The quantitative estimate of drug-likeness (QED) is 0.366. The Morgan fingerprint density at radius 2 is 1.55 bits per heavy atom. The number of methoxy groups -OCH3 is 1. The lowest BCUT2D eigenvalue weighted by Crippen LogP contribution is -2.38. The summed E-state index contributed by atoms with van der Waals surface area (Å²) in [5.41, 5.74) is 9.81. The van der Waals surface area contributed by atoms with Gasteiger partial charge in [-0.25, -0.2) is 9.78 Å². The van der Waals surface area contributed by atoms with E-state index in [2.05, 4.69) is 27.7 Å². The number of esters is 1. The molecule has 0 fully saturated rings. The second kappa shape index (κ2) is 11.0. The highest BCUT2D eigenvalue weighted by Gasteiger charge is 2.49. The van der Waals surface area contributed by atoms with E-state index in [-0.39, 0.29) is 34.7 Å². The van der Waals surface area contributed by atoms with Gasteiger partial charge in [-0.05, 0) is 73.9 Å². The van der Waals surface area contributed by atoms with Crippen molar-refractivity contribution in [2.75, 3.05) is 13.7 Å². The van der Waals surface area contributed by atoms with Crippen LogP contribution in [0.25, 0.3) is 11.3 Å². The molecule has 1 aliphatic heterocycles. The predicted molar refractivity (Wildman–Crippen MR) is 168 cm³/mol. The molecule has 0 saturated heterocycles. The minimum absolute atomic E-state index is 0.0150. The van der Waals surface area contributed by atoms with Crippen molar-refractivity contribution in [3.63, 3.8) is 0 Å². The molecule has 0 unspecified atom stereocenters. The maximum absolute atomic E-state index is 13.9. The van der Waals surface area contributed by atoms with Gasteiger partial charge in [0.1, 0.15) is 29.6 Å². The SMILES string of the molecule is COc1ccc(-c2cc(C)cc(C(=O)OCC(C)(C)N)n2)c(C)c1C1C2=C(CC(C)(C)CC2=O)OC2=C1C(=O)CC(C)(C)C2. The summed E-state index contributed by atoms with van der Waals surface area (Å²) in [4.78, 5) is 45.5. The highest BCUT2D eigenvalue weighted by molar-refractivity contribution is 6.06. The van der Waals surface area contributed by atoms with E-state index in [1.165, 1.54) is 0 Å². The molecule has 44 heavy (non-hydrogen) atoms. The Hall–Kier alpha value is -3.78. The first-order valence-corrected chi connectivity index (χ1v) is 15.2. The van der Waals surface area contributed by atoms with Crippen LogP contribution in [0.5, 0.6) is 5.75 Å². The number of hydrogen-bond donors (Lipinski definition) is 1. The van der Waals surface area contributed by atoms with Crippen molar-refractivity contribution in [2.24, 2.45) is 16.6 Å². The fraction of sp³-hybridized carbons (Fsp3) is 0.500. The zero-order valence-corrected chi connectivity index (χ0v) is 27.4. The van der Waals surface area contributed by atoms with Gasteiger partial charge in [0.05, 0.1) is 18.7 Å². The van der Waals surface area contributed by atoms with Gasteiger partial charge in [-0.1, -0.05) is 27.7 Å². The molecule has 8 heteroatoms. The van der Waals surface area contributed by atoms with E-state index in [1.807, 2.05) is 32.0 Å². The number of pyridine rings is 1. The van der Waals surface area contributed by atoms with Gasteiger partial charge in [-0.3, -0.25) is 9.59 Å². The smallest absolute Gasteiger partial charge is 0.357 e. The van der Waals surface area contributed by atoms with E-state index in [4.69, 9.17) is 24.9 Å². The summed E-state index contributed by atoms with van der Waals surface area (Å²) in [5.74, 6) is 0.654. The number of ether oxygens (including phenoxy) is 3. The molecule has 8 nitrogen and oxygen atoms in total. The van der Waals surface area contributed by atoms with Gasteiger partial charge in [-0.15, -0.1) is 0 Å². The highest BCUT2D eigenvalue weighted by atomic mass is 16.5. The highest BCUT2D eigenvalue weighted by Crippen LogP contribution is 2.55. The van der Waals surface area contributed by atoms with Crippen molar-refractivity contribution >= 4 is 17.5 Å². The van der Waals surface area contributed by atoms with Crippen molar-refractivity contribution < 1.29 is 28.6 Å². The maximum atomic E-state index is 13.9. The summed E-state index contributed by atoms with van der Waals surface area (Å²) >= 11 is 0. The molecule has 3 aliphatic rings. The Bertz CT molecular complexity index is 1580. The summed E-state index contributed by atoms with van der Waals surface area (Å²) in [6, 6.07) is 7.34. The molecule has 0 spiro atoms. The lowest BCUT2D eigenvalue weighted by molar-refractivity contribution is -0.120. The molecule has 0 amide bonds. The maximum Gasteiger partial charge on any atom is 0.357 e. The molecule has 0 bridgehead atoms. The number of nitrogens with two attached hydrogens (primary N) is 1. The van der Waals surface area contributed by atoms with Crippen molar-refractivity contribution in [3.8, 4) is 17.0 Å². The lowest BCUT2D eigenvalue weighted by atomic mass is 9.65. The molecular formula is C36H44N2O6. The fourth-order valence-electron chi connectivity index (χ4n) is 6.72. The number of hydrogen-bond acceptors (Lipinski definition) is 8. The standard InChI is InChI=1S/C36H44N2O6/c1-19-12-22(38-23(13-19)33(41)43-18-36(7,8)37)21-10-11-26(42-9)29(20(21)2)32-30-24(39)14-34(3,4)16-27(30)44-28-17-35(5,6)15-25(40)31(28)32/h10-13,32H,14-18,37H2,1-9H3. The molecule has 0 atom stereocenters. The summed E-state index contributed by atoms with van der Waals surface area (Å²) in [7, 11) is 1.59. The fourth-order valence-corrected chi connectivity index (χ4v) is 6.72. The third kappa shape index (κ3) is 6.09. The van der Waals surface area contributed by atoms with Gasteiger partial charge in [0.2, 0.25) is 0 Å². The Morgan fingerprint density at radius 3 is 2.07 bits per heavy atom. The largest absolute Gasteiger partial charge is 0.496 e. The van der Waals surface area contributed by atoms with Crippen molar-refractivity contribution in [1.29, 1.82) is 0 Å². The second-order valence-corrected chi connectivity index (χ2v) is 14.9. The Morgan fingerprint density at radius 1 is 0.977 bits per heavy atom. The molecule has 2 aromatic rings. The lowest BCUT2D eigenvalue weighted by Gasteiger charge is -2.43. The topological polar surface area (TPSA) is 118 Å². The summed E-state index contributed by atoms with van der Waals surface area (Å²) in [5, 5.41) is 0. The van der Waals surface area contributed by atoms with Gasteiger partial charge in [0.15, 0.2) is 11.6 Å². The monoisotopic (exact) mass is 600 g/mol. The predicted octanol–water partition coefficient (Wildman–Crippen LogP) is 6.67. The van der Waals surface area contributed by atoms with Crippen molar-refractivity contribution in [1.82, 2.24) is 4.98 Å². The number of allylic oxidation sites excluding steroid dienone is 4. The molecular weight excluding hydrogens is 556 g/mol. The van der Waals surface area contributed by atoms with E-state index >= 15 is 0 Å². The average Bonchev–Trinajstić information content (AvgIpc) is 2.88. The van der Waals surface area contributed by atoms with Crippen LogP contribution in [0, 0.1) is 24.7 Å².